The first-order chi connectivity index (χ1) is 14.1. The fourth-order valence-electron chi connectivity index (χ4n) is 2.78. The van der Waals surface area contributed by atoms with Crippen LogP contribution < -0.4 is 15.4 Å². The standard InChI is InChI=1S/C24H27N3O2/c1-18(2)24(28)27-21-10-5-7-19(13-21)15-25-16-20-8-6-11-23(14-20)29-17-22-9-3-4-12-26-22/h3-14,18,25H,15-17H2,1-2H3,(H,27,28). The molecule has 3 rings (SSSR count). The maximum Gasteiger partial charge on any atom is 0.226 e. The molecule has 2 N–H and O–H groups in total. The monoisotopic (exact) mass is 389 g/mol. The quantitative estimate of drug-likeness (QED) is 0.564. The van der Waals surface area contributed by atoms with E-state index in [1.165, 1.54) is 0 Å². The molecule has 0 aliphatic heterocycles. The molecule has 1 aromatic heterocycles. The van der Waals surface area contributed by atoms with E-state index in [0.29, 0.717) is 13.2 Å². The number of nitrogens with zero attached hydrogens (tertiary/aromatic N) is 1. The van der Waals surface area contributed by atoms with Crippen LogP contribution in [0.1, 0.15) is 30.7 Å². The average molecular weight is 389 g/mol. The van der Waals surface area contributed by atoms with Gasteiger partial charge >= 0.3 is 0 Å². The zero-order valence-corrected chi connectivity index (χ0v) is 16.9. The smallest absolute Gasteiger partial charge is 0.226 e. The SMILES string of the molecule is CC(C)C(=O)Nc1cccc(CNCc2cccc(OCc3ccccn3)c2)c1. The Hall–Kier alpha value is -3.18. The van der Waals surface area contributed by atoms with Gasteiger partial charge in [0.1, 0.15) is 12.4 Å². The summed E-state index contributed by atoms with van der Waals surface area (Å²) in [5, 5.41) is 6.38. The predicted molar refractivity (Wildman–Crippen MR) is 115 cm³/mol. The highest BCUT2D eigenvalue weighted by Crippen LogP contribution is 2.16. The maximum atomic E-state index is 11.9. The number of carbonyl (C=O) groups excluding carboxylic acids is 1. The first-order valence-corrected chi connectivity index (χ1v) is 9.82. The number of amides is 1. The van der Waals surface area contributed by atoms with E-state index in [1.807, 2.05) is 74.5 Å². The van der Waals surface area contributed by atoms with Crippen molar-refractivity contribution in [2.45, 2.75) is 33.5 Å². The van der Waals surface area contributed by atoms with Gasteiger partial charge in [-0.2, -0.15) is 0 Å². The van der Waals surface area contributed by atoms with Gasteiger partial charge in [-0.15, -0.1) is 0 Å². The van der Waals surface area contributed by atoms with Crippen molar-refractivity contribution < 1.29 is 9.53 Å². The lowest BCUT2D eigenvalue weighted by atomic mass is 10.1. The molecule has 29 heavy (non-hydrogen) atoms. The highest BCUT2D eigenvalue weighted by Gasteiger charge is 2.07. The Labute approximate surface area is 172 Å². The molecule has 0 saturated carbocycles. The number of hydrogen-bond acceptors (Lipinski definition) is 4. The average Bonchev–Trinajstić information content (AvgIpc) is 2.73. The lowest BCUT2D eigenvalue weighted by Crippen LogP contribution is -2.18. The van der Waals surface area contributed by atoms with Gasteiger partial charge in [-0.25, -0.2) is 0 Å². The molecule has 0 spiro atoms. The summed E-state index contributed by atoms with van der Waals surface area (Å²) in [6.45, 7) is 5.66. The number of pyridine rings is 1. The predicted octanol–water partition coefficient (Wildman–Crippen LogP) is 4.54. The molecule has 2 aromatic carbocycles. The third-order valence-electron chi connectivity index (χ3n) is 4.39. The van der Waals surface area contributed by atoms with E-state index < -0.39 is 0 Å². The molecule has 5 nitrogen and oxygen atoms in total. The van der Waals surface area contributed by atoms with Gasteiger partial charge in [0.2, 0.25) is 5.91 Å². The van der Waals surface area contributed by atoms with Crippen molar-refractivity contribution in [3.63, 3.8) is 0 Å². The number of anilines is 1. The van der Waals surface area contributed by atoms with Crippen molar-refractivity contribution in [3.05, 3.63) is 89.7 Å². The van der Waals surface area contributed by atoms with E-state index in [-0.39, 0.29) is 11.8 Å². The molecule has 3 aromatic rings. The minimum absolute atomic E-state index is 0.0256. The minimum Gasteiger partial charge on any atom is -0.487 e. The van der Waals surface area contributed by atoms with Gasteiger partial charge in [0.05, 0.1) is 5.69 Å². The lowest BCUT2D eigenvalue weighted by molar-refractivity contribution is -0.118. The van der Waals surface area contributed by atoms with Crippen LogP contribution in [0.4, 0.5) is 5.69 Å². The Morgan fingerprint density at radius 2 is 1.72 bits per heavy atom. The summed E-state index contributed by atoms with van der Waals surface area (Å²) in [5.74, 6) is 0.815. The molecular weight excluding hydrogens is 362 g/mol. The molecule has 0 unspecified atom stereocenters. The number of benzene rings is 2. The van der Waals surface area contributed by atoms with E-state index in [9.17, 15) is 4.79 Å². The third kappa shape index (κ3) is 6.73. The van der Waals surface area contributed by atoms with Crippen molar-refractivity contribution in [2.75, 3.05) is 5.32 Å². The zero-order chi connectivity index (χ0) is 20.5. The summed E-state index contributed by atoms with van der Waals surface area (Å²) in [6, 6.07) is 21.8. The highest BCUT2D eigenvalue weighted by atomic mass is 16.5. The van der Waals surface area contributed by atoms with E-state index in [0.717, 1.165) is 34.8 Å². The van der Waals surface area contributed by atoms with Crippen molar-refractivity contribution in [3.8, 4) is 5.75 Å². The molecule has 0 radical (unpaired) electrons. The van der Waals surface area contributed by atoms with Crippen LogP contribution in [0.2, 0.25) is 0 Å². The Morgan fingerprint density at radius 3 is 2.45 bits per heavy atom. The van der Waals surface area contributed by atoms with Gasteiger partial charge < -0.3 is 15.4 Å². The van der Waals surface area contributed by atoms with Crippen molar-refractivity contribution in [1.29, 1.82) is 0 Å². The first kappa shape index (κ1) is 20.6. The molecule has 150 valence electrons. The van der Waals surface area contributed by atoms with Crippen molar-refractivity contribution in [1.82, 2.24) is 10.3 Å². The second-order valence-corrected chi connectivity index (χ2v) is 7.21. The third-order valence-corrected chi connectivity index (χ3v) is 4.39. The summed E-state index contributed by atoms with van der Waals surface area (Å²) in [4.78, 5) is 16.1. The lowest BCUT2D eigenvalue weighted by Gasteiger charge is -2.11. The van der Waals surface area contributed by atoms with Gasteiger partial charge in [-0.05, 0) is 47.5 Å². The number of ether oxygens (including phenoxy) is 1. The normalized spacial score (nSPS) is 10.7. The fourth-order valence-corrected chi connectivity index (χ4v) is 2.78. The largest absolute Gasteiger partial charge is 0.487 e. The van der Waals surface area contributed by atoms with E-state index >= 15 is 0 Å². The Morgan fingerprint density at radius 1 is 0.966 bits per heavy atom. The highest BCUT2D eigenvalue weighted by molar-refractivity contribution is 5.92. The maximum absolute atomic E-state index is 11.9. The first-order valence-electron chi connectivity index (χ1n) is 9.82. The number of hydrogen-bond donors (Lipinski definition) is 2. The molecule has 0 fully saturated rings. The molecule has 1 heterocycles. The number of aromatic nitrogens is 1. The summed E-state index contributed by atoms with van der Waals surface area (Å²) < 4.78 is 5.84. The van der Waals surface area contributed by atoms with E-state index in [4.69, 9.17) is 4.74 Å². The van der Waals surface area contributed by atoms with Crippen LogP contribution in [-0.4, -0.2) is 10.9 Å². The molecule has 0 saturated heterocycles. The van der Waals surface area contributed by atoms with Gasteiger partial charge in [-0.3, -0.25) is 9.78 Å². The van der Waals surface area contributed by atoms with Crippen molar-refractivity contribution >= 4 is 11.6 Å². The number of nitrogens with one attached hydrogen (secondary N) is 2. The second-order valence-electron chi connectivity index (χ2n) is 7.21. The van der Waals surface area contributed by atoms with Crippen LogP contribution in [0.15, 0.2) is 72.9 Å². The Bertz CT molecular complexity index is 926. The molecule has 0 aliphatic rings. The summed E-state index contributed by atoms with van der Waals surface area (Å²) in [7, 11) is 0. The summed E-state index contributed by atoms with van der Waals surface area (Å²) in [6.07, 6.45) is 1.77. The van der Waals surface area contributed by atoms with Crippen LogP contribution in [-0.2, 0) is 24.5 Å². The van der Waals surface area contributed by atoms with Crippen molar-refractivity contribution in [2.24, 2.45) is 5.92 Å². The number of rotatable bonds is 9. The Balaban J connectivity index is 1.50. The van der Waals surface area contributed by atoms with Crippen LogP contribution in [0.3, 0.4) is 0 Å². The zero-order valence-electron chi connectivity index (χ0n) is 16.9. The van der Waals surface area contributed by atoms with E-state index in [2.05, 4.69) is 21.7 Å². The molecular formula is C24H27N3O2. The topological polar surface area (TPSA) is 63.2 Å². The molecule has 0 atom stereocenters. The van der Waals surface area contributed by atoms with Crippen LogP contribution in [0.25, 0.3) is 0 Å². The van der Waals surface area contributed by atoms with E-state index in [1.54, 1.807) is 6.20 Å². The fraction of sp³-hybridized carbons (Fsp3) is 0.250. The van der Waals surface area contributed by atoms with Gasteiger partial charge in [0.25, 0.3) is 0 Å². The summed E-state index contributed by atoms with van der Waals surface area (Å²) >= 11 is 0. The molecule has 5 heteroatoms. The second kappa shape index (κ2) is 10.4. The van der Waals surface area contributed by atoms with Crippen LogP contribution >= 0.6 is 0 Å². The van der Waals surface area contributed by atoms with Crippen LogP contribution in [0.5, 0.6) is 5.75 Å². The van der Waals surface area contributed by atoms with Gasteiger partial charge in [-0.1, -0.05) is 44.2 Å². The summed E-state index contributed by atoms with van der Waals surface area (Å²) in [5.41, 5.74) is 4.00. The molecule has 1 amide bonds. The van der Waals surface area contributed by atoms with Gasteiger partial charge in [0, 0.05) is 30.9 Å². The minimum atomic E-state index is -0.0380. The number of carbonyl (C=O) groups is 1. The molecule has 0 aliphatic carbocycles. The van der Waals surface area contributed by atoms with Gasteiger partial charge in [0.15, 0.2) is 0 Å². The van der Waals surface area contributed by atoms with Crippen LogP contribution in [0, 0.1) is 5.92 Å². The molecule has 0 bridgehead atoms. The Kier molecular flexibility index (Phi) is 7.36.